The van der Waals surface area contributed by atoms with Crippen molar-refractivity contribution in [2.24, 2.45) is 0 Å². The normalized spacial score (nSPS) is 21.1. The second-order valence-corrected chi connectivity index (χ2v) is 7.67. The number of pyridine rings is 1. The van der Waals surface area contributed by atoms with Gasteiger partial charge in [0.2, 0.25) is 0 Å². The standard InChI is InChI=1S/C23H24FN3O4/c1-31-18-7-6-16(24)13-17(18)21(28)19-20(15-5-4-8-25-14-15)27(23(30)22(19)29)12-11-26-9-2-3-10-26/h4-8,13-14,20,28H,2-3,9-12H2,1H3/b21-19+. The molecule has 0 saturated carbocycles. The molecule has 4 rings (SSSR count). The van der Waals surface area contributed by atoms with Crippen LogP contribution in [-0.2, 0) is 9.59 Å². The molecule has 2 aliphatic heterocycles. The molecule has 2 fully saturated rings. The van der Waals surface area contributed by atoms with Crippen LogP contribution >= 0.6 is 0 Å². The van der Waals surface area contributed by atoms with E-state index in [0.29, 0.717) is 18.7 Å². The molecule has 2 aliphatic rings. The van der Waals surface area contributed by atoms with E-state index in [2.05, 4.69) is 9.88 Å². The first kappa shape index (κ1) is 21.0. The van der Waals surface area contributed by atoms with Crippen molar-refractivity contribution in [3.8, 4) is 5.75 Å². The van der Waals surface area contributed by atoms with Gasteiger partial charge in [0, 0.05) is 25.5 Å². The molecule has 2 aromatic rings. The zero-order valence-corrected chi connectivity index (χ0v) is 17.3. The number of ether oxygens (including phenoxy) is 1. The molecule has 31 heavy (non-hydrogen) atoms. The fourth-order valence-electron chi connectivity index (χ4n) is 4.26. The number of ketones is 1. The van der Waals surface area contributed by atoms with Crippen molar-refractivity contribution >= 4 is 17.4 Å². The highest BCUT2D eigenvalue weighted by Gasteiger charge is 2.46. The van der Waals surface area contributed by atoms with Crippen molar-refractivity contribution in [2.45, 2.75) is 18.9 Å². The number of aliphatic hydroxyl groups excluding tert-OH is 1. The number of likely N-dealkylation sites (tertiary alicyclic amines) is 2. The number of halogens is 1. The highest BCUT2D eigenvalue weighted by atomic mass is 19.1. The van der Waals surface area contributed by atoms with Crippen molar-refractivity contribution < 1.29 is 23.8 Å². The second kappa shape index (κ2) is 8.85. The Kier molecular flexibility index (Phi) is 5.99. The van der Waals surface area contributed by atoms with Gasteiger partial charge in [-0.1, -0.05) is 6.07 Å². The topological polar surface area (TPSA) is 83.0 Å². The Morgan fingerprint density at radius 3 is 2.68 bits per heavy atom. The number of hydrogen-bond acceptors (Lipinski definition) is 6. The number of amides is 1. The van der Waals surface area contributed by atoms with Gasteiger partial charge in [0.25, 0.3) is 11.7 Å². The number of aliphatic hydroxyl groups is 1. The van der Waals surface area contributed by atoms with Crippen molar-refractivity contribution in [3.63, 3.8) is 0 Å². The lowest BCUT2D eigenvalue weighted by atomic mass is 9.96. The van der Waals surface area contributed by atoms with Crippen molar-refractivity contribution in [1.82, 2.24) is 14.8 Å². The quantitative estimate of drug-likeness (QED) is 0.435. The minimum atomic E-state index is -0.815. The van der Waals surface area contributed by atoms with Gasteiger partial charge < -0.3 is 19.6 Å². The van der Waals surface area contributed by atoms with Crippen LogP contribution in [0.4, 0.5) is 4.39 Å². The van der Waals surface area contributed by atoms with Crippen molar-refractivity contribution in [1.29, 1.82) is 0 Å². The number of nitrogens with zero attached hydrogens (tertiary/aromatic N) is 3. The van der Waals surface area contributed by atoms with Crippen molar-refractivity contribution in [2.75, 3.05) is 33.3 Å². The van der Waals surface area contributed by atoms with E-state index in [9.17, 15) is 19.1 Å². The molecule has 1 N–H and O–H groups in total. The molecule has 1 amide bonds. The number of rotatable bonds is 6. The number of carbonyl (C=O) groups excluding carboxylic acids is 2. The van der Waals surface area contributed by atoms with E-state index in [4.69, 9.17) is 4.74 Å². The fraction of sp³-hybridized carbons (Fsp3) is 0.348. The Morgan fingerprint density at radius 2 is 2.00 bits per heavy atom. The molecule has 1 aromatic carbocycles. The Labute approximate surface area is 179 Å². The van der Waals surface area contributed by atoms with Crippen LogP contribution in [0.3, 0.4) is 0 Å². The predicted octanol–water partition coefficient (Wildman–Crippen LogP) is 2.75. The van der Waals surface area contributed by atoms with Crippen LogP contribution in [0.2, 0.25) is 0 Å². The average molecular weight is 425 g/mol. The van der Waals surface area contributed by atoms with Gasteiger partial charge in [-0.2, -0.15) is 0 Å². The summed E-state index contributed by atoms with van der Waals surface area (Å²) in [6.45, 7) is 2.89. The molecule has 0 aliphatic carbocycles. The lowest BCUT2D eigenvalue weighted by Gasteiger charge is -2.27. The summed E-state index contributed by atoms with van der Waals surface area (Å²) in [5.74, 6) is -2.35. The molecule has 1 unspecified atom stereocenters. The van der Waals surface area contributed by atoms with E-state index < -0.39 is 29.3 Å². The first-order valence-electron chi connectivity index (χ1n) is 10.3. The van der Waals surface area contributed by atoms with E-state index >= 15 is 0 Å². The van der Waals surface area contributed by atoms with Gasteiger partial charge in [0.1, 0.15) is 17.3 Å². The summed E-state index contributed by atoms with van der Waals surface area (Å²) in [5, 5.41) is 11.1. The first-order valence-corrected chi connectivity index (χ1v) is 10.3. The highest BCUT2D eigenvalue weighted by molar-refractivity contribution is 6.46. The number of Topliss-reactive ketones (excluding diaryl/α,β-unsaturated/α-hetero) is 1. The maximum atomic E-state index is 13.9. The van der Waals surface area contributed by atoms with Gasteiger partial charge in [-0.15, -0.1) is 0 Å². The Balaban J connectivity index is 1.79. The van der Waals surface area contributed by atoms with Crippen LogP contribution in [-0.4, -0.2) is 64.9 Å². The summed E-state index contributed by atoms with van der Waals surface area (Å²) in [5.41, 5.74) is 0.525. The van der Waals surface area contributed by atoms with Gasteiger partial charge in [0.05, 0.1) is 24.3 Å². The maximum absolute atomic E-state index is 13.9. The summed E-state index contributed by atoms with van der Waals surface area (Å²) in [6, 6.07) is 6.30. The average Bonchev–Trinajstić information content (AvgIpc) is 3.39. The maximum Gasteiger partial charge on any atom is 0.295 e. The summed E-state index contributed by atoms with van der Waals surface area (Å²) in [4.78, 5) is 33.8. The van der Waals surface area contributed by atoms with E-state index in [-0.39, 0.29) is 16.9 Å². The van der Waals surface area contributed by atoms with Gasteiger partial charge >= 0.3 is 0 Å². The molecule has 0 bridgehead atoms. The molecule has 1 atom stereocenters. The Hall–Kier alpha value is -3.26. The largest absolute Gasteiger partial charge is 0.507 e. The predicted molar refractivity (Wildman–Crippen MR) is 112 cm³/mol. The van der Waals surface area contributed by atoms with Crippen LogP contribution in [0.5, 0.6) is 5.75 Å². The lowest BCUT2D eigenvalue weighted by Crippen LogP contribution is -2.37. The van der Waals surface area contributed by atoms with E-state index in [1.165, 1.54) is 24.1 Å². The van der Waals surface area contributed by atoms with E-state index in [0.717, 1.165) is 32.0 Å². The summed E-state index contributed by atoms with van der Waals surface area (Å²) in [7, 11) is 1.39. The van der Waals surface area contributed by atoms with Gasteiger partial charge in [-0.25, -0.2) is 4.39 Å². The van der Waals surface area contributed by atoms with Gasteiger partial charge in [-0.05, 0) is 55.8 Å². The minimum Gasteiger partial charge on any atom is -0.507 e. The molecule has 162 valence electrons. The number of methoxy groups -OCH3 is 1. The lowest BCUT2D eigenvalue weighted by molar-refractivity contribution is -0.140. The number of aromatic nitrogens is 1. The summed E-state index contributed by atoms with van der Waals surface area (Å²) < 4.78 is 19.2. The molecule has 8 heteroatoms. The molecule has 1 aromatic heterocycles. The molecule has 0 radical (unpaired) electrons. The number of carbonyl (C=O) groups is 2. The molecule has 3 heterocycles. The molecule has 7 nitrogen and oxygen atoms in total. The van der Waals surface area contributed by atoms with Crippen molar-refractivity contribution in [3.05, 3.63) is 65.2 Å². The fourth-order valence-corrected chi connectivity index (χ4v) is 4.26. The van der Waals surface area contributed by atoms with Crippen LogP contribution in [0.1, 0.15) is 30.0 Å². The molecular weight excluding hydrogens is 401 g/mol. The third kappa shape index (κ3) is 4.03. The first-order chi connectivity index (χ1) is 15.0. The third-order valence-electron chi connectivity index (χ3n) is 5.81. The van der Waals surface area contributed by atoms with Gasteiger partial charge in [-0.3, -0.25) is 14.6 Å². The Bertz CT molecular complexity index is 1020. The highest BCUT2D eigenvalue weighted by Crippen LogP contribution is 2.40. The van der Waals surface area contributed by atoms with E-state index in [1.54, 1.807) is 24.5 Å². The summed E-state index contributed by atoms with van der Waals surface area (Å²) >= 11 is 0. The molecule has 2 saturated heterocycles. The number of benzene rings is 1. The third-order valence-corrected chi connectivity index (χ3v) is 5.81. The van der Waals surface area contributed by atoms with Crippen LogP contribution in [0.25, 0.3) is 5.76 Å². The van der Waals surface area contributed by atoms with Crippen LogP contribution in [0, 0.1) is 5.82 Å². The zero-order chi connectivity index (χ0) is 22.0. The monoisotopic (exact) mass is 425 g/mol. The van der Waals surface area contributed by atoms with Crippen LogP contribution < -0.4 is 4.74 Å². The SMILES string of the molecule is COc1ccc(F)cc1/C(O)=C1\C(=O)C(=O)N(CCN2CCCC2)C1c1cccnc1. The summed E-state index contributed by atoms with van der Waals surface area (Å²) in [6.07, 6.45) is 5.39. The van der Waals surface area contributed by atoms with E-state index in [1.807, 2.05) is 0 Å². The van der Waals surface area contributed by atoms with Crippen LogP contribution in [0.15, 0.2) is 48.3 Å². The van der Waals surface area contributed by atoms with Gasteiger partial charge in [0.15, 0.2) is 0 Å². The Morgan fingerprint density at radius 1 is 1.23 bits per heavy atom. The minimum absolute atomic E-state index is 0.0222. The zero-order valence-electron chi connectivity index (χ0n) is 17.3. The molecule has 0 spiro atoms. The molecular formula is C23H24FN3O4. The second-order valence-electron chi connectivity index (χ2n) is 7.67. The number of hydrogen-bond donors (Lipinski definition) is 1. The smallest absolute Gasteiger partial charge is 0.295 e.